The molecule has 1 aliphatic heterocycles. The van der Waals surface area contributed by atoms with E-state index in [0.29, 0.717) is 26.3 Å². The second kappa shape index (κ2) is 7.53. The van der Waals surface area contributed by atoms with Gasteiger partial charge in [0.2, 0.25) is 5.91 Å². The molecular weight excluding hydrogens is 342 g/mol. The molecule has 1 saturated carbocycles. The van der Waals surface area contributed by atoms with Crippen molar-refractivity contribution >= 4 is 11.9 Å². The molecule has 2 aromatic rings. The van der Waals surface area contributed by atoms with Crippen molar-refractivity contribution < 1.29 is 19.4 Å². The summed E-state index contributed by atoms with van der Waals surface area (Å²) < 4.78 is 5.38. The van der Waals surface area contributed by atoms with Gasteiger partial charge in [0, 0.05) is 24.9 Å². The van der Waals surface area contributed by atoms with Crippen LogP contribution in [-0.4, -0.2) is 48.2 Å². The number of ether oxygens (including phenoxy) is 1. The number of carboxylic acid groups (broad SMARTS) is 1. The van der Waals surface area contributed by atoms with Gasteiger partial charge in [-0.05, 0) is 11.1 Å². The Morgan fingerprint density at radius 2 is 1.30 bits per heavy atom. The van der Waals surface area contributed by atoms with Gasteiger partial charge in [-0.2, -0.15) is 0 Å². The van der Waals surface area contributed by atoms with Gasteiger partial charge in [-0.1, -0.05) is 60.7 Å². The van der Waals surface area contributed by atoms with Gasteiger partial charge < -0.3 is 14.7 Å². The largest absolute Gasteiger partial charge is 0.481 e. The molecule has 0 aromatic heterocycles. The van der Waals surface area contributed by atoms with Crippen LogP contribution in [0.4, 0.5) is 0 Å². The number of hydrogen-bond donors (Lipinski definition) is 1. The van der Waals surface area contributed by atoms with Crippen LogP contribution in [0, 0.1) is 11.8 Å². The highest BCUT2D eigenvalue weighted by atomic mass is 16.5. The third-order valence-corrected chi connectivity index (χ3v) is 5.81. The first-order valence-corrected chi connectivity index (χ1v) is 9.37. The molecule has 2 fully saturated rings. The van der Waals surface area contributed by atoms with Gasteiger partial charge in [-0.15, -0.1) is 0 Å². The fourth-order valence-electron chi connectivity index (χ4n) is 4.54. The number of carboxylic acids is 1. The Morgan fingerprint density at radius 3 is 1.74 bits per heavy atom. The topological polar surface area (TPSA) is 66.8 Å². The summed E-state index contributed by atoms with van der Waals surface area (Å²) in [5.74, 6) is -2.41. The number of benzene rings is 2. The smallest absolute Gasteiger partial charge is 0.307 e. The lowest BCUT2D eigenvalue weighted by Crippen LogP contribution is -2.56. The molecule has 1 amide bonds. The Bertz CT molecular complexity index is 754. The monoisotopic (exact) mass is 365 g/mol. The summed E-state index contributed by atoms with van der Waals surface area (Å²) in [4.78, 5) is 27.4. The van der Waals surface area contributed by atoms with Crippen molar-refractivity contribution in [1.82, 2.24) is 4.90 Å². The number of carbonyl (C=O) groups excluding carboxylic acids is 1. The minimum atomic E-state index is -0.844. The Morgan fingerprint density at radius 1 is 0.815 bits per heavy atom. The average molecular weight is 365 g/mol. The third-order valence-electron chi connectivity index (χ3n) is 5.81. The van der Waals surface area contributed by atoms with E-state index in [0.717, 1.165) is 11.1 Å². The van der Waals surface area contributed by atoms with E-state index in [1.54, 1.807) is 0 Å². The Kier molecular flexibility index (Phi) is 4.94. The molecule has 1 heterocycles. The third kappa shape index (κ3) is 3.23. The lowest BCUT2D eigenvalue weighted by atomic mass is 9.52. The van der Waals surface area contributed by atoms with Gasteiger partial charge >= 0.3 is 5.97 Å². The van der Waals surface area contributed by atoms with E-state index in [9.17, 15) is 14.7 Å². The van der Waals surface area contributed by atoms with E-state index < -0.39 is 11.9 Å². The molecule has 1 N–H and O–H groups in total. The van der Waals surface area contributed by atoms with Crippen molar-refractivity contribution in [3.05, 3.63) is 71.8 Å². The zero-order valence-corrected chi connectivity index (χ0v) is 15.0. The maximum Gasteiger partial charge on any atom is 0.307 e. The molecule has 0 radical (unpaired) electrons. The van der Waals surface area contributed by atoms with Crippen molar-refractivity contribution in [3.8, 4) is 0 Å². The molecule has 140 valence electrons. The predicted octanol–water partition coefficient (Wildman–Crippen LogP) is 2.74. The number of rotatable bonds is 4. The minimum Gasteiger partial charge on any atom is -0.481 e. The van der Waals surface area contributed by atoms with Crippen LogP contribution in [0.25, 0.3) is 0 Å². The van der Waals surface area contributed by atoms with Gasteiger partial charge in [0.15, 0.2) is 0 Å². The zero-order chi connectivity index (χ0) is 18.8. The molecule has 1 saturated heterocycles. The number of aliphatic carboxylic acids is 1. The molecule has 27 heavy (non-hydrogen) atoms. The minimum absolute atomic E-state index is 0.0403. The van der Waals surface area contributed by atoms with Crippen molar-refractivity contribution in [1.29, 1.82) is 0 Å². The van der Waals surface area contributed by atoms with Crippen molar-refractivity contribution in [2.75, 3.05) is 26.3 Å². The maximum atomic E-state index is 13.4. The van der Waals surface area contributed by atoms with Crippen molar-refractivity contribution in [3.63, 3.8) is 0 Å². The average Bonchev–Trinajstić information content (AvgIpc) is 2.69. The summed E-state index contributed by atoms with van der Waals surface area (Å²) in [6, 6.07) is 19.2. The van der Waals surface area contributed by atoms with E-state index in [4.69, 9.17) is 4.74 Å². The normalized spacial score (nSPS) is 27.6. The van der Waals surface area contributed by atoms with Crippen LogP contribution < -0.4 is 0 Å². The molecule has 5 heteroatoms. The zero-order valence-electron chi connectivity index (χ0n) is 15.0. The van der Waals surface area contributed by atoms with Crippen LogP contribution >= 0.6 is 0 Å². The summed E-state index contributed by atoms with van der Waals surface area (Å²) in [6.45, 7) is 2.20. The molecule has 4 atom stereocenters. The van der Waals surface area contributed by atoms with Crippen LogP contribution in [-0.2, 0) is 14.3 Å². The van der Waals surface area contributed by atoms with Gasteiger partial charge in [0.25, 0.3) is 0 Å². The second-order valence-corrected chi connectivity index (χ2v) is 7.20. The first-order valence-electron chi connectivity index (χ1n) is 9.37. The molecule has 1 aliphatic carbocycles. The van der Waals surface area contributed by atoms with Crippen LogP contribution in [0.5, 0.6) is 0 Å². The van der Waals surface area contributed by atoms with E-state index in [-0.39, 0.29) is 23.7 Å². The van der Waals surface area contributed by atoms with Crippen molar-refractivity contribution in [2.45, 2.75) is 11.8 Å². The summed E-state index contributed by atoms with van der Waals surface area (Å²) in [5, 5.41) is 9.96. The van der Waals surface area contributed by atoms with Crippen LogP contribution in [0.1, 0.15) is 23.0 Å². The molecule has 2 aliphatic rings. The van der Waals surface area contributed by atoms with Gasteiger partial charge in [-0.25, -0.2) is 0 Å². The van der Waals surface area contributed by atoms with Crippen LogP contribution in [0.2, 0.25) is 0 Å². The van der Waals surface area contributed by atoms with Crippen LogP contribution in [0.3, 0.4) is 0 Å². The number of carbonyl (C=O) groups is 2. The number of morpholine rings is 1. The summed E-state index contributed by atoms with van der Waals surface area (Å²) >= 11 is 0. The Balaban J connectivity index is 1.73. The highest BCUT2D eigenvalue weighted by Crippen LogP contribution is 2.58. The first kappa shape index (κ1) is 17.7. The summed E-state index contributed by atoms with van der Waals surface area (Å²) in [5.41, 5.74) is 1.84. The second-order valence-electron chi connectivity index (χ2n) is 7.20. The number of amides is 1. The first-order chi connectivity index (χ1) is 13.2. The van der Waals surface area contributed by atoms with E-state index in [2.05, 4.69) is 0 Å². The Labute approximate surface area is 158 Å². The highest BCUT2D eigenvalue weighted by molar-refractivity contribution is 5.87. The fraction of sp³-hybridized carbons (Fsp3) is 0.364. The predicted molar refractivity (Wildman–Crippen MR) is 100 cm³/mol. The molecule has 2 unspecified atom stereocenters. The number of nitrogens with zero attached hydrogens (tertiary/aromatic N) is 1. The molecule has 4 rings (SSSR count). The summed E-state index contributed by atoms with van der Waals surface area (Å²) in [7, 11) is 0. The molecule has 5 nitrogen and oxygen atoms in total. The van der Waals surface area contributed by atoms with Gasteiger partial charge in [0.05, 0.1) is 25.0 Å². The van der Waals surface area contributed by atoms with Gasteiger partial charge in [0.1, 0.15) is 0 Å². The lowest BCUT2D eigenvalue weighted by molar-refractivity contribution is -0.158. The maximum absolute atomic E-state index is 13.4. The molecular formula is C22H23NO4. The van der Waals surface area contributed by atoms with Crippen molar-refractivity contribution in [2.24, 2.45) is 11.8 Å². The van der Waals surface area contributed by atoms with Crippen LogP contribution in [0.15, 0.2) is 60.7 Å². The lowest BCUT2D eigenvalue weighted by Gasteiger charge is -2.51. The van der Waals surface area contributed by atoms with Gasteiger partial charge in [-0.3, -0.25) is 9.59 Å². The molecule has 2 aromatic carbocycles. The van der Waals surface area contributed by atoms with E-state index in [1.807, 2.05) is 65.6 Å². The fourth-order valence-corrected chi connectivity index (χ4v) is 4.54. The summed E-state index contributed by atoms with van der Waals surface area (Å²) in [6.07, 6.45) is 0. The quantitative estimate of drug-likeness (QED) is 0.905. The van der Waals surface area contributed by atoms with E-state index in [1.165, 1.54) is 0 Å². The number of hydrogen-bond acceptors (Lipinski definition) is 3. The highest BCUT2D eigenvalue weighted by Gasteiger charge is 2.59. The SMILES string of the molecule is O=C(O)C1[C@@H](c2ccccc2)C(C(=O)N2CCOCC2)[C@H]1c1ccccc1. The molecule has 0 bridgehead atoms. The Hall–Kier alpha value is -2.66. The standard InChI is InChI=1S/C22H23NO4/c24-21(23-11-13-27-14-12-23)19-17(15-7-3-1-4-8-15)20(22(25)26)18(19)16-9-5-2-6-10-16/h1-10,17-20H,11-14H2,(H,25,26)/t17-,18+,19?,20?. The van der Waals surface area contributed by atoms with E-state index >= 15 is 0 Å². The molecule has 0 spiro atoms.